The molecule has 0 saturated carbocycles. The molecule has 0 aromatic rings. The molecule has 0 spiro atoms. The fourth-order valence-electron chi connectivity index (χ4n) is 4.56. The number of rotatable bonds is 31. The summed E-state index contributed by atoms with van der Waals surface area (Å²) in [6.07, 6.45) is 37.4. The van der Waals surface area contributed by atoms with Gasteiger partial charge in [-0.05, 0) is 63.7 Å². The van der Waals surface area contributed by atoms with E-state index in [-0.39, 0.29) is 25.2 Å². The molecular weight excluding hydrogens is 552 g/mol. The number of ether oxygens (including phenoxy) is 2. The second-order valence-corrected chi connectivity index (χ2v) is 12.0. The van der Waals surface area contributed by atoms with Crippen molar-refractivity contribution in [3.63, 3.8) is 0 Å². The average Bonchev–Trinajstić information content (AvgIpc) is 3.02. The third kappa shape index (κ3) is 32.7. The molecule has 6 heteroatoms. The maximum absolute atomic E-state index is 11.9. The first kappa shape index (κ1) is 41.8. The number of allylic oxidation sites excluding steroid dienone is 8. The highest BCUT2D eigenvalue weighted by atomic mass is 16.6. The third-order valence-corrected chi connectivity index (χ3v) is 7.66. The second kappa shape index (κ2) is 33.7. The van der Waals surface area contributed by atoms with Gasteiger partial charge >= 0.3 is 11.9 Å². The first-order valence-corrected chi connectivity index (χ1v) is 17.7. The molecule has 0 aliphatic rings. The highest BCUT2D eigenvalue weighted by Crippen LogP contribution is 2.15. The Labute approximate surface area is 270 Å². The molecule has 1 unspecified atom stereocenters. The standard InChI is InChI=1S/C38H66O6/c1-3-35(2)29-25-21-17-14-15-19-23-27-31-38(42)44-34-36(40)33-43-37(41)30-26-22-18-13-11-9-7-5-4-6-8-10-12-16-20-24-28-32-39/h4,6-7,9-10,12-13,18,35-36,39-40H,3,5,8,11,14-17,19-34H2,1-2H3/b6-4-,9-7-,12-10-,18-13-/t35?,36-/m0/s1. The lowest BCUT2D eigenvalue weighted by Crippen LogP contribution is -2.25. The molecule has 0 aliphatic heterocycles. The minimum Gasteiger partial charge on any atom is -0.463 e. The molecule has 2 atom stereocenters. The zero-order valence-electron chi connectivity index (χ0n) is 28.3. The molecule has 2 N–H and O–H groups in total. The fraction of sp³-hybridized carbons (Fsp3) is 0.737. The summed E-state index contributed by atoms with van der Waals surface area (Å²) in [5.74, 6) is 0.205. The van der Waals surface area contributed by atoms with Crippen LogP contribution < -0.4 is 0 Å². The summed E-state index contributed by atoms with van der Waals surface area (Å²) in [5.41, 5.74) is 0. The fourth-order valence-corrected chi connectivity index (χ4v) is 4.56. The van der Waals surface area contributed by atoms with Crippen molar-refractivity contribution in [2.45, 2.75) is 155 Å². The summed E-state index contributed by atoms with van der Waals surface area (Å²) < 4.78 is 10.2. The van der Waals surface area contributed by atoms with Gasteiger partial charge in [0.2, 0.25) is 0 Å². The van der Waals surface area contributed by atoms with Crippen LogP contribution in [0.5, 0.6) is 0 Å². The lowest BCUT2D eigenvalue weighted by molar-refractivity contribution is -0.152. The maximum Gasteiger partial charge on any atom is 0.305 e. The van der Waals surface area contributed by atoms with Crippen molar-refractivity contribution in [2.75, 3.05) is 19.8 Å². The van der Waals surface area contributed by atoms with E-state index in [1.807, 2.05) is 0 Å². The van der Waals surface area contributed by atoms with Gasteiger partial charge in [0, 0.05) is 19.4 Å². The summed E-state index contributed by atoms with van der Waals surface area (Å²) in [6, 6.07) is 0. The van der Waals surface area contributed by atoms with Gasteiger partial charge in [0.25, 0.3) is 0 Å². The number of hydrogen-bond acceptors (Lipinski definition) is 6. The van der Waals surface area contributed by atoms with Crippen molar-refractivity contribution in [3.8, 4) is 0 Å². The van der Waals surface area contributed by atoms with Crippen molar-refractivity contribution in [1.29, 1.82) is 0 Å². The van der Waals surface area contributed by atoms with Crippen LogP contribution in [0.15, 0.2) is 48.6 Å². The van der Waals surface area contributed by atoms with Gasteiger partial charge in [-0.3, -0.25) is 9.59 Å². The van der Waals surface area contributed by atoms with Crippen LogP contribution in [0, 0.1) is 5.92 Å². The van der Waals surface area contributed by atoms with Crippen LogP contribution in [0.3, 0.4) is 0 Å². The Morgan fingerprint density at radius 3 is 1.55 bits per heavy atom. The van der Waals surface area contributed by atoms with Crippen LogP contribution in [-0.2, 0) is 19.1 Å². The van der Waals surface area contributed by atoms with Crippen molar-refractivity contribution in [3.05, 3.63) is 48.6 Å². The molecule has 0 rings (SSSR count). The molecule has 0 saturated heterocycles. The summed E-state index contributed by atoms with van der Waals surface area (Å²) >= 11 is 0. The second-order valence-electron chi connectivity index (χ2n) is 12.0. The maximum atomic E-state index is 11.9. The lowest BCUT2D eigenvalue weighted by Gasteiger charge is -2.12. The summed E-state index contributed by atoms with van der Waals surface area (Å²) in [5, 5.41) is 18.7. The van der Waals surface area contributed by atoms with Gasteiger partial charge < -0.3 is 19.7 Å². The molecule has 254 valence electrons. The number of esters is 2. The van der Waals surface area contributed by atoms with Crippen LogP contribution in [0.2, 0.25) is 0 Å². The van der Waals surface area contributed by atoms with Gasteiger partial charge in [-0.1, -0.05) is 127 Å². The predicted octanol–water partition coefficient (Wildman–Crippen LogP) is 9.50. The number of unbranched alkanes of at least 4 members (excludes halogenated alkanes) is 11. The summed E-state index contributed by atoms with van der Waals surface area (Å²) in [6.45, 7) is 4.59. The van der Waals surface area contributed by atoms with Crippen molar-refractivity contribution in [2.24, 2.45) is 5.92 Å². The topological polar surface area (TPSA) is 93.1 Å². The Kier molecular flexibility index (Phi) is 32.0. The largest absolute Gasteiger partial charge is 0.463 e. The van der Waals surface area contributed by atoms with Crippen molar-refractivity contribution >= 4 is 11.9 Å². The number of carbonyl (C=O) groups excluding carboxylic acids is 2. The van der Waals surface area contributed by atoms with E-state index in [2.05, 4.69) is 62.5 Å². The monoisotopic (exact) mass is 618 g/mol. The number of hydrogen-bond donors (Lipinski definition) is 2. The van der Waals surface area contributed by atoms with Crippen LogP contribution in [0.1, 0.15) is 149 Å². The molecule has 6 nitrogen and oxygen atoms in total. The highest BCUT2D eigenvalue weighted by molar-refractivity contribution is 5.69. The summed E-state index contributed by atoms with van der Waals surface area (Å²) in [4.78, 5) is 23.8. The van der Waals surface area contributed by atoms with E-state index in [4.69, 9.17) is 14.6 Å². The lowest BCUT2D eigenvalue weighted by atomic mass is 9.99. The van der Waals surface area contributed by atoms with Crippen molar-refractivity contribution < 1.29 is 29.3 Å². The van der Waals surface area contributed by atoms with E-state index >= 15 is 0 Å². The quantitative estimate of drug-likeness (QED) is 0.0457. The van der Waals surface area contributed by atoms with Crippen LogP contribution >= 0.6 is 0 Å². The van der Waals surface area contributed by atoms with Gasteiger partial charge in [0.1, 0.15) is 19.3 Å². The average molecular weight is 619 g/mol. The van der Waals surface area contributed by atoms with E-state index in [9.17, 15) is 14.7 Å². The van der Waals surface area contributed by atoms with Crippen LogP contribution in [0.4, 0.5) is 0 Å². The first-order chi connectivity index (χ1) is 21.5. The molecule has 0 fully saturated rings. The van der Waals surface area contributed by atoms with Gasteiger partial charge in [-0.2, -0.15) is 0 Å². The van der Waals surface area contributed by atoms with Gasteiger partial charge in [0.15, 0.2) is 0 Å². The Hall–Kier alpha value is -2.18. The molecule has 44 heavy (non-hydrogen) atoms. The van der Waals surface area contributed by atoms with E-state index < -0.39 is 6.10 Å². The molecule has 0 amide bonds. The van der Waals surface area contributed by atoms with E-state index in [1.54, 1.807) is 0 Å². The Balaban J connectivity index is 3.58. The van der Waals surface area contributed by atoms with Crippen LogP contribution in [-0.4, -0.2) is 48.1 Å². The van der Waals surface area contributed by atoms with E-state index in [0.717, 1.165) is 76.5 Å². The summed E-state index contributed by atoms with van der Waals surface area (Å²) in [7, 11) is 0. The minimum absolute atomic E-state index is 0.140. The predicted molar refractivity (Wildman–Crippen MR) is 183 cm³/mol. The molecule has 0 bridgehead atoms. The number of carbonyl (C=O) groups is 2. The molecule has 0 aromatic heterocycles. The Bertz CT molecular complexity index is 769. The third-order valence-electron chi connectivity index (χ3n) is 7.66. The molecule has 0 aliphatic carbocycles. The number of aliphatic hydroxyl groups excluding tert-OH is 2. The van der Waals surface area contributed by atoms with Crippen molar-refractivity contribution in [1.82, 2.24) is 0 Å². The van der Waals surface area contributed by atoms with Gasteiger partial charge in [-0.15, -0.1) is 0 Å². The number of aliphatic hydroxyl groups is 2. The van der Waals surface area contributed by atoms with Crippen LogP contribution in [0.25, 0.3) is 0 Å². The molecule has 0 heterocycles. The highest BCUT2D eigenvalue weighted by Gasteiger charge is 2.12. The molecule has 0 radical (unpaired) electrons. The zero-order valence-corrected chi connectivity index (χ0v) is 28.3. The van der Waals surface area contributed by atoms with Gasteiger partial charge in [0.05, 0.1) is 0 Å². The molecular formula is C38H66O6. The smallest absolute Gasteiger partial charge is 0.305 e. The Morgan fingerprint density at radius 2 is 1.02 bits per heavy atom. The first-order valence-electron chi connectivity index (χ1n) is 17.7. The minimum atomic E-state index is -0.992. The zero-order chi connectivity index (χ0) is 32.4. The van der Waals surface area contributed by atoms with Gasteiger partial charge in [-0.25, -0.2) is 0 Å². The van der Waals surface area contributed by atoms with E-state index in [0.29, 0.717) is 25.9 Å². The van der Waals surface area contributed by atoms with E-state index in [1.165, 1.54) is 44.9 Å². The normalized spacial score (nSPS) is 13.5. The molecule has 0 aromatic carbocycles. The Morgan fingerprint density at radius 1 is 0.591 bits per heavy atom. The SMILES string of the molecule is CCC(C)CCCCCCCCCCC(=O)OC[C@@H](O)COC(=O)CCC/C=C\C/C=C\C/C=C\C/C=C\CCCCCO.